The number of terminal acetylenes is 1. The maximum absolute atomic E-state index is 16.1. The number of hydrogen-bond donors (Lipinski definition) is 2. The minimum atomic E-state index is -3.02. The number of halogens is 1. The third-order valence-electron chi connectivity index (χ3n) is 10.2. The van der Waals surface area contributed by atoms with Crippen LogP contribution in [0.2, 0.25) is 5.82 Å². The van der Waals surface area contributed by atoms with Gasteiger partial charge < -0.3 is 25.3 Å². The Kier molecular flexibility index (Phi) is 13.2. The third-order valence-corrected chi connectivity index (χ3v) is 10.2. The summed E-state index contributed by atoms with van der Waals surface area (Å²) in [7, 11) is 7.93. The highest BCUT2D eigenvalue weighted by atomic mass is 19.1. The molecule has 1 saturated heterocycles. The Morgan fingerprint density at radius 1 is 1.18 bits per heavy atom. The number of nitrogens with one attached hydrogen (secondary N) is 1. The van der Waals surface area contributed by atoms with E-state index in [0.717, 1.165) is 12.5 Å². The lowest BCUT2D eigenvalue weighted by atomic mass is 9.61. The number of unbranched alkanes of at least 4 members (excludes halogenated alkanes) is 1. The van der Waals surface area contributed by atoms with E-state index in [0.29, 0.717) is 37.3 Å². The lowest BCUT2D eigenvalue weighted by Crippen LogP contribution is -2.63. The van der Waals surface area contributed by atoms with Crippen LogP contribution in [0, 0.1) is 30.3 Å². The highest BCUT2D eigenvalue weighted by Gasteiger charge is 2.54. The average Bonchev–Trinajstić information content (AvgIpc) is 3.55. The molecule has 9 atom stereocenters. The molecule has 0 bridgehead atoms. The fourth-order valence-corrected chi connectivity index (χ4v) is 6.97. The van der Waals surface area contributed by atoms with Gasteiger partial charge in [-0.25, -0.2) is 9.18 Å². The number of nitrogens with two attached hydrogens (primary N) is 1. The van der Waals surface area contributed by atoms with Gasteiger partial charge in [-0.05, 0) is 70.9 Å². The minimum Gasteiger partial charge on any atom is -0.455 e. The number of ether oxygens (including phenoxy) is 3. The van der Waals surface area contributed by atoms with Gasteiger partial charge in [-0.1, -0.05) is 51.5 Å². The molecule has 11 nitrogen and oxygen atoms in total. The first-order chi connectivity index (χ1) is 23.0. The highest BCUT2D eigenvalue weighted by molar-refractivity contribution is 6.17. The van der Waals surface area contributed by atoms with Gasteiger partial charge in [-0.3, -0.25) is 14.3 Å². The molecule has 2 heterocycles. The number of ketones is 2. The second-order valence-corrected chi connectivity index (χ2v) is 13.8. The molecule has 13 heteroatoms. The first kappa shape index (κ1) is 39.7. The summed E-state index contributed by atoms with van der Waals surface area (Å²) in [6, 6.07) is 6.62. The van der Waals surface area contributed by atoms with Crippen molar-refractivity contribution in [3.05, 3.63) is 30.5 Å². The van der Waals surface area contributed by atoms with Gasteiger partial charge in [-0.15, -0.1) is 5.10 Å². The molecular formula is C36H51BFN5O6. The van der Waals surface area contributed by atoms with Gasteiger partial charge in [0, 0.05) is 42.7 Å². The number of cyclic esters (lactones) is 1. The van der Waals surface area contributed by atoms with Crippen molar-refractivity contribution in [1.29, 1.82) is 0 Å². The van der Waals surface area contributed by atoms with E-state index in [2.05, 4.69) is 21.7 Å². The summed E-state index contributed by atoms with van der Waals surface area (Å²) in [6.45, 7) is 11.9. The molecular weight excluding hydrogens is 628 g/mol. The molecule has 0 amide bonds. The lowest BCUT2D eigenvalue weighted by Gasteiger charge is -2.45. The zero-order valence-corrected chi connectivity index (χ0v) is 30.0. The number of aryl methyl sites for hydroxylation is 1. The number of alkyl halides is 1. The van der Waals surface area contributed by atoms with Gasteiger partial charge in [0.2, 0.25) is 0 Å². The van der Waals surface area contributed by atoms with Crippen LogP contribution in [-0.2, 0) is 35.1 Å². The lowest BCUT2D eigenvalue weighted by molar-refractivity contribution is -0.184. The number of carbonyl (C=O) groups excluding carboxylic acids is 3. The maximum Gasteiger partial charge on any atom is 0.351 e. The summed E-state index contributed by atoms with van der Waals surface area (Å²) in [6.07, 6.45) is 10.3. The van der Waals surface area contributed by atoms with Crippen LogP contribution in [0.5, 0.6) is 0 Å². The maximum atomic E-state index is 16.1. The predicted octanol–water partition coefficient (Wildman–Crippen LogP) is 4.49. The quantitative estimate of drug-likeness (QED) is 0.0919. The predicted molar refractivity (Wildman–Crippen MR) is 186 cm³/mol. The van der Waals surface area contributed by atoms with E-state index < -0.39 is 64.3 Å². The minimum absolute atomic E-state index is 0.135. The van der Waals surface area contributed by atoms with Crippen LogP contribution in [0.3, 0.4) is 0 Å². The Morgan fingerprint density at radius 2 is 1.88 bits per heavy atom. The van der Waals surface area contributed by atoms with Gasteiger partial charge in [0.15, 0.2) is 11.4 Å². The number of nitrogen functional groups attached to an aromatic ring is 1. The number of esters is 1. The number of anilines is 1. The first-order valence-electron chi connectivity index (χ1n) is 16.9. The number of aromatic nitrogens is 3. The standard InChI is InChI=1S/C36H51BFN5O6/c1-10-28-36(8,48-11-2)31(40-17-12-13-18-43-21-27(41-42-43)25-15-14-16-26(39)19-25)23(4)29(44)22(3)20-34(6,47-9)30(37)24(5)32(45)35(7,38)33(46)49-28/h2,14-16,19,21-24,28,30-31,40H,10,12-13,17-18,20,39H2,1,3-9H3/t22-,23+,24-,28-,30-,31-,34-,35+,36-/m1/s1. The zero-order chi connectivity index (χ0) is 36.7. The van der Waals surface area contributed by atoms with E-state index in [1.165, 1.54) is 14.0 Å². The van der Waals surface area contributed by atoms with Crippen molar-refractivity contribution in [3.63, 3.8) is 0 Å². The SMILES string of the molecule is [B][C@@H]1[C@@H](C)C(=O)[C@](C)(F)C(=O)O[C@H](CC)[C@@](C)(OC#C)[C@H](NCCCCn2cc(-c3cccc(N)c3)nn2)[C@@H](C)C(=O)[C@H](C)C[C@@]1(C)OC. The molecule has 0 spiro atoms. The number of carbonyl (C=O) groups is 3. The molecule has 2 aromatic rings. The molecule has 2 radical (unpaired) electrons. The van der Waals surface area contributed by atoms with Crippen LogP contribution in [0.4, 0.5) is 10.1 Å². The Balaban J connectivity index is 1.91. The van der Waals surface area contributed by atoms with Crippen molar-refractivity contribution >= 4 is 31.1 Å². The van der Waals surface area contributed by atoms with Crippen LogP contribution in [0.25, 0.3) is 11.3 Å². The summed E-state index contributed by atoms with van der Waals surface area (Å²) in [5.41, 5.74) is 2.40. The molecule has 1 aliphatic rings. The van der Waals surface area contributed by atoms with Crippen LogP contribution in [-0.4, -0.2) is 83.0 Å². The summed E-state index contributed by atoms with van der Waals surface area (Å²) >= 11 is 0. The molecule has 0 aliphatic carbocycles. The number of methoxy groups -OCH3 is 1. The number of rotatable bonds is 10. The second kappa shape index (κ2) is 16.3. The van der Waals surface area contributed by atoms with Crippen LogP contribution in [0.1, 0.15) is 74.1 Å². The Labute approximate surface area is 291 Å². The van der Waals surface area contributed by atoms with E-state index >= 15 is 4.39 Å². The zero-order valence-electron chi connectivity index (χ0n) is 30.0. The normalized spacial score (nSPS) is 33.3. The fourth-order valence-electron chi connectivity index (χ4n) is 6.97. The Hall–Kier alpha value is -3.76. The van der Waals surface area contributed by atoms with Crippen LogP contribution in [0.15, 0.2) is 30.5 Å². The van der Waals surface area contributed by atoms with E-state index in [9.17, 15) is 14.4 Å². The second-order valence-electron chi connectivity index (χ2n) is 13.8. The molecule has 266 valence electrons. The average molecular weight is 680 g/mol. The molecule has 49 heavy (non-hydrogen) atoms. The largest absolute Gasteiger partial charge is 0.455 e. The van der Waals surface area contributed by atoms with E-state index in [-0.39, 0.29) is 18.6 Å². The molecule has 1 aromatic heterocycles. The summed E-state index contributed by atoms with van der Waals surface area (Å²) in [4.78, 5) is 41.0. The van der Waals surface area contributed by atoms with Crippen LogP contribution >= 0.6 is 0 Å². The molecule has 1 aliphatic heterocycles. The topological polar surface area (TPSA) is 148 Å². The molecule has 1 fully saturated rings. The fraction of sp³-hybridized carbons (Fsp3) is 0.639. The summed E-state index contributed by atoms with van der Waals surface area (Å²) in [5.74, 6) is -6.04. The number of benzene rings is 1. The smallest absolute Gasteiger partial charge is 0.351 e. The molecule has 3 N–H and O–H groups in total. The molecule has 0 saturated carbocycles. The molecule has 1 aromatic carbocycles. The number of nitrogens with zero attached hydrogens (tertiary/aromatic N) is 3. The molecule has 0 unspecified atom stereocenters. The van der Waals surface area contributed by atoms with E-state index in [4.69, 9.17) is 34.2 Å². The summed E-state index contributed by atoms with van der Waals surface area (Å²) < 4.78 is 35.2. The van der Waals surface area contributed by atoms with Crippen molar-refractivity contribution in [1.82, 2.24) is 20.3 Å². The number of hydrogen-bond acceptors (Lipinski definition) is 10. The van der Waals surface area contributed by atoms with Crippen molar-refractivity contribution in [2.45, 2.75) is 116 Å². The molecule has 3 rings (SSSR count). The van der Waals surface area contributed by atoms with Crippen molar-refractivity contribution < 1.29 is 33.0 Å². The van der Waals surface area contributed by atoms with Crippen molar-refractivity contribution in [3.8, 4) is 23.8 Å². The van der Waals surface area contributed by atoms with Gasteiger partial charge >= 0.3 is 5.97 Å². The first-order valence-corrected chi connectivity index (χ1v) is 16.9. The van der Waals surface area contributed by atoms with Crippen LogP contribution < -0.4 is 11.1 Å². The van der Waals surface area contributed by atoms with Crippen molar-refractivity contribution in [2.75, 3.05) is 19.4 Å². The monoisotopic (exact) mass is 679 g/mol. The third kappa shape index (κ3) is 8.70. The Morgan fingerprint density at radius 3 is 2.49 bits per heavy atom. The van der Waals surface area contributed by atoms with E-state index in [1.807, 2.05) is 24.4 Å². The van der Waals surface area contributed by atoms with E-state index in [1.54, 1.807) is 45.4 Å². The van der Waals surface area contributed by atoms with Gasteiger partial charge in [0.1, 0.15) is 23.7 Å². The van der Waals surface area contributed by atoms with Gasteiger partial charge in [0.05, 0.1) is 25.7 Å². The summed E-state index contributed by atoms with van der Waals surface area (Å²) in [5, 5.41) is 11.9. The van der Waals surface area contributed by atoms with Crippen molar-refractivity contribution in [2.24, 2.45) is 17.8 Å². The number of Topliss-reactive ketones (excluding diaryl/α,β-unsaturated/α-hetero) is 2. The van der Waals surface area contributed by atoms with Gasteiger partial charge in [-0.2, -0.15) is 0 Å². The van der Waals surface area contributed by atoms with Gasteiger partial charge in [0.25, 0.3) is 5.67 Å². The highest BCUT2D eigenvalue weighted by Crippen LogP contribution is 2.41. The Bertz CT molecular complexity index is 1510.